The number of piperazine rings is 1. The van der Waals surface area contributed by atoms with Crippen LogP contribution in [0, 0.1) is 6.57 Å². The topological polar surface area (TPSA) is 87.4 Å². The molecule has 0 saturated carbocycles. The summed E-state index contributed by atoms with van der Waals surface area (Å²) in [5.74, 6) is 0.851. The van der Waals surface area contributed by atoms with Crippen LogP contribution >= 0.6 is 0 Å². The van der Waals surface area contributed by atoms with Crippen molar-refractivity contribution in [1.29, 1.82) is 0 Å². The Kier molecular flexibility index (Phi) is 8.83. The lowest BCUT2D eigenvalue weighted by Crippen LogP contribution is -2.57. The molecule has 3 aliphatic rings. The molecular weight excluding hydrogens is 578 g/mol. The van der Waals surface area contributed by atoms with E-state index < -0.39 is 0 Å². The Morgan fingerprint density at radius 3 is 2.67 bits per heavy atom. The molecule has 236 valence electrons. The van der Waals surface area contributed by atoms with Gasteiger partial charge >= 0.3 is 12.1 Å². The van der Waals surface area contributed by atoms with E-state index >= 15 is 0 Å². The number of anilines is 2. The predicted octanol–water partition coefficient (Wildman–Crippen LogP) is 5.07. The van der Waals surface area contributed by atoms with Crippen LogP contribution < -0.4 is 19.9 Å². The zero-order valence-electron chi connectivity index (χ0n) is 26.0. The number of nitrogens with zero attached hydrogens (tertiary/aromatic N) is 6. The molecule has 10 heteroatoms. The van der Waals surface area contributed by atoms with Gasteiger partial charge in [-0.2, -0.15) is 9.97 Å². The van der Waals surface area contributed by atoms with Gasteiger partial charge in [-0.15, -0.1) is 0 Å². The Morgan fingerprint density at radius 1 is 0.978 bits per heavy atom. The standard InChI is InChI=1S/C36H39N7O3/c1-37-21-29-22-42(19-20-43(29)36(44)46-24-26-9-3-2-4-10-26)34-31-16-18-41(33-15-7-12-27-11-5-6-14-30(27)33)23-32(31)39-35(40-34)45-25-28-13-8-17-38-28/h2-7,9-12,14-15,28-29,38H,8,13,16-25H2/t28-,29?/m0/s1. The van der Waals surface area contributed by atoms with Gasteiger partial charge in [0.1, 0.15) is 25.1 Å². The van der Waals surface area contributed by atoms with Crippen LogP contribution in [0.1, 0.15) is 29.7 Å². The molecule has 1 aromatic heterocycles. The van der Waals surface area contributed by atoms with Crippen molar-refractivity contribution in [2.24, 2.45) is 0 Å². The predicted molar refractivity (Wildman–Crippen MR) is 178 cm³/mol. The van der Waals surface area contributed by atoms with Gasteiger partial charge in [0.15, 0.2) is 0 Å². The molecular formula is C36H39N7O3. The first kappa shape index (κ1) is 29.8. The average Bonchev–Trinajstić information content (AvgIpc) is 3.63. The Labute approximate surface area is 269 Å². The molecule has 4 heterocycles. The summed E-state index contributed by atoms with van der Waals surface area (Å²) >= 11 is 0. The summed E-state index contributed by atoms with van der Waals surface area (Å²) in [6.07, 6.45) is 2.61. The van der Waals surface area contributed by atoms with E-state index in [1.165, 1.54) is 16.5 Å². The van der Waals surface area contributed by atoms with Crippen molar-refractivity contribution in [3.8, 4) is 6.01 Å². The number of benzene rings is 3. The molecule has 3 aromatic carbocycles. The summed E-state index contributed by atoms with van der Waals surface area (Å²) in [4.78, 5) is 33.2. The molecule has 4 aromatic rings. The fourth-order valence-corrected chi connectivity index (χ4v) is 6.83. The zero-order chi connectivity index (χ0) is 31.3. The number of amides is 1. The van der Waals surface area contributed by atoms with Gasteiger partial charge < -0.3 is 29.4 Å². The normalized spacial score (nSPS) is 19.5. The Morgan fingerprint density at radius 2 is 1.83 bits per heavy atom. The number of fused-ring (bicyclic) bond motifs is 2. The van der Waals surface area contributed by atoms with E-state index in [4.69, 9.17) is 26.0 Å². The van der Waals surface area contributed by atoms with Crippen LogP contribution in [-0.4, -0.2) is 78.9 Å². The summed E-state index contributed by atoms with van der Waals surface area (Å²) < 4.78 is 11.9. The van der Waals surface area contributed by atoms with Crippen LogP contribution in [-0.2, 0) is 24.3 Å². The van der Waals surface area contributed by atoms with Gasteiger partial charge in [0.05, 0.1) is 12.2 Å². The molecule has 0 bridgehead atoms. The maximum Gasteiger partial charge on any atom is 0.410 e. The van der Waals surface area contributed by atoms with Crippen molar-refractivity contribution >= 4 is 28.4 Å². The maximum atomic E-state index is 13.2. The van der Waals surface area contributed by atoms with Crippen molar-refractivity contribution in [2.45, 2.75) is 44.5 Å². The number of carbonyl (C=O) groups is 1. The third kappa shape index (κ3) is 6.42. The SMILES string of the molecule is [C-]#[N+]CC1CN(c2nc(OC[C@@H]3CCCN3)nc3c2CCN(c2cccc4ccccc24)C3)CCN1C(=O)OCc1ccccc1. The Bertz CT molecular complexity index is 1720. The number of rotatable bonds is 8. The minimum Gasteiger partial charge on any atom is -0.462 e. The van der Waals surface area contributed by atoms with Crippen LogP contribution in [0.3, 0.4) is 0 Å². The number of nitrogens with one attached hydrogen (secondary N) is 1. The van der Waals surface area contributed by atoms with Gasteiger partial charge in [-0.3, -0.25) is 4.90 Å². The second-order valence-electron chi connectivity index (χ2n) is 12.2. The fraction of sp³-hybridized carbons (Fsp3) is 0.389. The highest BCUT2D eigenvalue weighted by Gasteiger charge is 2.36. The van der Waals surface area contributed by atoms with Crippen LogP contribution in [0.15, 0.2) is 72.8 Å². The first-order valence-electron chi connectivity index (χ1n) is 16.2. The molecule has 1 N–H and O–H groups in total. The van der Waals surface area contributed by atoms with E-state index in [1.54, 1.807) is 4.90 Å². The smallest absolute Gasteiger partial charge is 0.410 e. The van der Waals surface area contributed by atoms with E-state index in [-0.39, 0.29) is 25.3 Å². The third-order valence-corrected chi connectivity index (χ3v) is 9.23. The minimum absolute atomic E-state index is 0.190. The monoisotopic (exact) mass is 617 g/mol. The lowest BCUT2D eigenvalue weighted by molar-refractivity contribution is 0.0788. The maximum absolute atomic E-state index is 13.2. The number of ether oxygens (including phenoxy) is 2. The number of carbonyl (C=O) groups excluding carboxylic acids is 1. The Hall–Kier alpha value is -4.88. The number of hydrogen-bond donors (Lipinski definition) is 1. The number of aromatic nitrogens is 2. The number of hydrogen-bond acceptors (Lipinski definition) is 8. The van der Waals surface area contributed by atoms with Crippen molar-refractivity contribution in [2.75, 3.05) is 55.7 Å². The van der Waals surface area contributed by atoms with Crippen LogP contribution in [0.4, 0.5) is 16.3 Å². The van der Waals surface area contributed by atoms with E-state index in [2.05, 4.69) is 62.4 Å². The molecule has 2 fully saturated rings. The molecule has 46 heavy (non-hydrogen) atoms. The molecule has 0 spiro atoms. The molecule has 1 unspecified atom stereocenters. The van der Waals surface area contributed by atoms with Crippen LogP contribution in [0.5, 0.6) is 6.01 Å². The van der Waals surface area contributed by atoms with Gasteiger partial charge in [0, 0.05) is 48.9 Å². The van der Waals surface area contributed by atoms with Crippen LogP contribution in [0.25, 0.3) is 15.6 Å². The molecule has 10 nitrogen and oxygen atoms in total. The lowest BCUT2D eigenvalue weighted by Gasteiger charge is -2.40. The Balaban J connectivity index is 1.14. The third-order valence-electron chi connectivity index (χ3n) is 9.23. The first-order valence-corrected chi connectivity index (χ1v) is 16.2. The summed E-state index contributed by atoms with van der Waals surface area (Å²) in [5, 5.41) is 5.93. The lowest BCUT2D eigenvalue weighted by atomic mass is 10.0. The minimum atomic E-state index is -0.388. The van der Waals surface area contributed by atoms with Crippen molar-refractivity contribution in [3.63, 3.8) is 0 Å². The van der Waals surface area contributed by atoms with Gasteiger partial charge in [-0.25, -0.2) is 11.4 Å². The van der Waals surface area contributed by atoms with Gasteiger partial charge in [0.2, 0.25) is 6.54 Å². The van der Waals surface area contributed by atoms with E-state index in [0.29, 0.717) is 44.8 Å². The largest absolute Gasteiger partial charge is 0.462 e. The highest BCUT2D eigenvalue weighted by molar-refractivity contribution is 5.94. The highest BCUT2D eigenvalue weighted by Crippen LogP contribution is 2.35. The first-order chi connectivity index (χ1) is 22.7. The summed E-state index contributed by atoms with van der Waals surface area (Å²) in [6.45, 7) is 12.5. The van der Waals surface area contributed by atoms with Gasteiger partial charge in [-0.1, -0.05) is 66.7 Å². The molecule has 2 saturated heterocycles. The molecule has 2 atom stereocenters. The molecule has 1 amide bonds. The molecule has 7 rings (SSSR count). The molecule has 0 radical (unpaired) electrons. The highest BCUT2D eigenvalue weighted by atomic mass is 16.6. The van der Waals surface area contributed by atoms with E-state index in [0.717, 1.165) is 55.0 Å². The van der Waals surface area contributed by atoms with Crippen molar-refractivity contribution in [3.05, 3.63) is 101 Å². The quantitative estimate of drug-likeness (QED) is 0.275. The molecule has 0 aliphatic carbocycles. The van der Waals surface area contributed by atoms with Crippen molar-refractivity contribution < 1.29 is 14.3 Å². The summed E-state index contributed by atoms with van der Waals surface area (Å²) in [5.41, 5.74) is 4.21. The van der Waals surface area contributed by atoms with Crippen LogP contribution in [0.2, 0.25) is 0 Å². The second-order valence-corrected chi connectivity index (χ2v) is 12.2. The van der Waals surface area contributed by atoms with E-state index in [9.17, 15) is 4.79 Å². The zero-order valence-corrected chi connectivity index (χ0v) is 26.0. The van der Waals surface area contributed by atoms with Gasteiger partial charge in [0.25, 0.3) is 0 Å². The fourth-order valence-electron chi connectivity index (χ4n) is 6.83. The molecule has 3 aliphatic heterocycles. The second kappa shape index (κ2) is 13.6. The van der Waals surface area contributed by atoms with Gasteiger partial charge in [-0.05, 0) is 42.8 Å². The summed E-state index contributed by atoms with van der Waals surface area (Å²) in [6, 6.07) is 25.0. The average molecular weight is 618 g/mol. The summed E-state index contributed by atoms with van der Waals surface area (Å²) in [7, 11) is 0. The van der Waals surface area contributed by atoms with E-state index in [1.807, 2.05) is 30.3 Å². The van der Waals surface area contributed by atoms with Crippen molar-refractivity contribution in [1.82, 2.24) is 20.2 Å².